The predicted octanol–water partition coefficient (Wildman–Crippen LogP) is 5.87. The maximum absolute atomic E-state index is 12.7. The van der Waals surface area contributed by atoms with Gasteiger partial charge < -0.3 is 14.0 Å². The fourth-order valence-corrected chi connectivity index (χ4v) is 4.00. The summed E-state index contributed by atoms with van der Waals surface area (Å²) in [4.78, 5) is 11.5. The number of halogens is 3. The Morgan fingerprint density at radius 3 is 2.61 bits per heavy atom. The molecule has 0 radical (unpaired) electrons. The Balaban J connectivity index is 1.42. The minimum atomic E-state index is -4.39. The van der Waals surface area contributed by atoms with E-state index in [-0.39, 0.29) is 19.0 Å². The topological polar surface area (TPSA) is 61.6 Å². The van der Waals surface area contributed by atoms with Gasteiger partial charge in [-0.1, -0.05) is 17.3 Å². The normalized spacial score (nSPS) is 11.6. The molecule has 5 nitrogen and oxygen atoms in total. The van der Waals surface area contributed by atoms with Crippen molar-refractivity contribution in [1.82, 2.24) is 5.16 Å². The van der Waals surface area contributed by atoms with E-state index in [1.807, 2.05) is 17.5 Å². The number of fused-ring (bicyclic) bond motifs is 1. The van der Waals surface area contributed by atoms with Crippen molar-refractivity contribution in [3.8, 4) is 17.1 Å². The van der Waals surface area contributed by atoms with Crippen LogP contribution in [0.1, 0.15) is 16.8 Å². The Bertz CT molecular complexity index is 1210. The van der Waals surface area contributed by atoms with Crippen LogP contribution in [-0.4, -0.2) is 18.2 Å². The monoisotopic (exact) mass is 447 g/mol. The maximum Gasteiger partial charge on any atom is 0.416 e. The van der Waals surface area contributed by atoms with E-state index in [1.165, 1.54) is 30.6 Å². The molecule has 0 atom stereocenters. The van der Waals surface area contributed by atoms with Gasteiger partial charge in [0.1, 0.15) is 18.1 Å². The highest BCUT2D eigenvalue weighted by Gasteiger charge is 2.30. The van der Waals surface area contributed by atoms with E-state index in [0.717, 1.165) is 27.8 Å². The molecule has 2 heterocycles. The van der Waals surface area contributed by atoms with Crippen LogP contribution >= 0.6 is 11.3 Å². The number of hydrogen-bond donors (Lipinski definition) is 0. The number of nitrogens with zero attached hydrogens (tertiary/aromatic N) is 1. The molecule has 0 unspecified atom stereocenters. The number of methoxy groups -OCH3 is 1. The van der Waals surface area contributed by atoms with E-state index in [9.17, 15) is 18.0 Å². The first-order valence-electron chi connectivity index (χ1n) is 9.16. The fourth-order valence-electron chi connectivity index (χ4n) is 3.01. The average Bonchev–Trinajstić information content (AvgIpc) is 3.39. The number of esters is 1. The Morgan fingerprint density at radius 2 is 1.90 bits per heavy atom. The molecule has 0 aliphatic rings. The molecular weight excluding hydrogens is 431 g/mol. The summed E-state index contributed by atoms with van der Waals surface area (Å²) in [6.45, 7) is 0.135. The van der Waals surface area contributed by atoms with Crippen LogP contribution in [0.2, 0.25) is 0 Å². The standard InChI is InChI=1S/C22H16F3NO4S/c1-28-21(27)8-14-12-31-20-10-17(6-7-18(14)20)29-11-16-9-19(30-26-16)13-2-4-15(5-3-13)22(23,24)25/h2-7,9-10,12H,8,11H2,1H3. The number of alkyl halides is 3. The number of aromatic nitrogens is 1. The third-order valence-corrected chi connectivity index (χ3v) is 5.63. The molecule has 9 heteroatoms. The Morgan fingerprint density at radius 1 is 1.13 bits per heavy atom. The fraction of sp³-hybridized carbons (Fsp3) is 0.182. The number of rotatable bonds is 6. The van der Waals surface area contributed by atoms with Crippen LogP contribution in [0.4, 0.5) is 13.2 Å². The molecule has 4 aromatic rings. The lowest BCUT2D eigenvalue weighted by molar-refractivity contribution is -0.140. The van der Waals surface area contributed by atoms with Gasteiger partial charge in [0.15, 0.2) is 5.76 Å². The number of thiophene rings is 1. The van der Waals surface area contributed by atoms with E-state index in [4.69, 9.17) is 14.0 Å². The minimum absolute atomic E-state index is 0.135. The second-order valence-electron chi connectivity index (χ2n) is 6.72. The average molecular weight is 447 g/mol. The SMILES string of the molecule is COC(=O)Cc1csc2cc(OCc3cc(-c4ccc(C(F)(F)F)cc4)on3)ccc12. The van der Waals surface area contributed by atoms with Crippen molar-refractivity contribution in [2.75, 3.05) is 7.11 Å². The molecular formula is C22H16F3NO4S. The summed E-state index contributed by atoms with van der Waals surface area (Å²) in [5.74, 6) is 0.682. The summed E-state index contributed by atoms with van der Waals surface area (Å²) in [6, 6.07) is 11.9. The lowest BCUT2D eigenvalue weighted by Gasteiger charge is -2.06. The van der Waals surface area contributed by atoms with Gasteiger partial charge in [0, 0.05) is 16.3 Å². The third-order valence-electron chi connectivity index (χ3n) is 4.63. The zero-order valence-electron chi connectivity index (χ0n) is 16.2. The Kier molecular flexibility index (Phi) is 5.69. The Labute approximate surface area is 179 Å². The van der Waals surface area contributed by atoms with E-state index in [1.54, 1.807) is 12.1 Å². The lowest BCUT2D eigenvalue weighted by Crippen LogP contribution is -2.03. The predicted molar refractivity (Wildman–Crippen MR) is 109 cm³/mol. The van der Waals surface area contributed by atoms with E-state index >= 15 is 0 Å². The summed E-state index contributed by atoms with van der Waals surface area (Å²) in [6.07, 6.45) is -4.18. The van der Waals surface area contributed by atoms with Crippen LogP contribution < -0.4 is 4.74 Å². The molecule has 0 amide bonds. The van der Waals surface area contributed by atoms with Crippen LogP contribution in [0, 0.1) is 0 Å². The molecule has 0 fully saturated rings. The second kappa shape index (κ2) is 8.43. The lowest BCUT2D eigenvalue weighted by atomic mass is 10.1. The van der Waals surface area contributed by atoms with Gasteiger partial charge in [0.25, 0.3) is 0 Å². The van der Waals surface area contributed by atoms with Gasteiger partial charge in [-0.2, -0.15) is 13.2 Å². The molecule has 0 aliphatic heterocycles. The quantitative estimate of drug-likeness (QED) is 0.346. The van der Waals surface area contributed by atoms with Crippen molar-refractivity contribution >= 4 is 27.4 Å². The minimum Gasteiger partial charge on any atom is -0.487 e. The van der Waals surface area contributed by atoms with Crippen molar-refractivity contribution < 1.29 is 32.0 Å². The summed E-state index contributed by atoms with van der Waals surface area (Å²) < 4.78 is 54.7. The smallest absolute Gasteiger partial charge is 0.416 e. The van der Waals surface area contributed by atoms with Gasteiger partial charge in [-0.3, -0.25) is 4.79 Å². The first-order chi connectivity index (χ1) is 14.8. The molecule has 0 bridgehead atoms. The molecule has 0 N–H and O–H groups in total. The van der Waals surface area contributed by atoms with Crippen LogP contribution in [0.25, 0.3) is 21.4 Å². The molecule has 160 valence electrons. The van der Waals surface area contributed by atoms with Gasteiger partial charge in [-0.15, -0.1) is 11.3 Å². The molecule has 0 spiro atoms. The zero-order valence-corrected chi connectivity index (χ0v) is 17.0. The third kappa shape index (κ3) is 4.72. The first-order valence-corrected chi connectivity index (χ1v) is 10.0. The summed E-state index contributed by atoms with van der Waals surface area (Å²) in [5.41, 5.74) is 1.17. The molecule has 2 aromatic heterocycles. The van der Waals surface area contributed by atoms with Gasteiger partial charge in [0.05, 0.1) is 19.1 Å². The second-order valence-corrected chi connectivity index (χ2v) is 7.63. The molecule has 2 aromatic carbocycles. The Hall–Kier alpha value is -3.33. The maximum atomic E-state index is 12.7. The number of carbonyl (C=O) groups excluding carboxylic acids is 1. The van der Waals surface area contributed by atoms with Crippen molar-refractivity contribution in [1.29, 1.82) is 0 Å². The highest BCUT2D eigenvalue weighted by molar-refractivity contribution is 7.17. The first kappa shape index (κ1) is 20.9. The number of carbonyl (C=O) groups is 1. The summed E-state index contributed by atoms with van der Waals surface area (Å²) in [7, 11) is 1.36. The molecule has 0 saturated heterocycles. The largest absolute Gasteiger partial charge is 0.487 e. The van der Waals surface area contributed by atoms with Crippen LogP contribution in [0.5, 0.6) is 5.75 Å². The van der Waals surface area contributed by atoms with Crippen LogP contribution in [0.3, 0.4) is 0 Å². The van der Waals surface area contributed by atoms with Crippen LogP contribution in [-0.2, 0) is 28.7 Å². The zero-order chi connectivity index (χ0) is 22.0. The molecule has 0 saturated carbocycles. The molecule has 31 heavy (non-hydrogen) atoms. The van der Waals surface area contributed by atoms with Gasteiger partial charge in [0.2, 0.25) is 0 Å². The number of benzene rings is 2. The van der Waals surface area contributed by atoms with Gasteiger partial charge in [-0.25, -0.2) is 0 Å². The van der Waals surface area contributed by atoms with Gasteiger partial charge in [-0.05, 0) is 46.7 Å². The number of hydrogen-bond acceptors (Lipinski definition) is 6. The summed E-state index contributed by atoms with van der Waals surface area (Å²) >= 11 is 1.50. The van der Waals surface area contributed by atoms with E-state index in [2.05, 4.69) is 5.16 Å². The highest BCUT2D eigenvalue weighted by atomic mass is 32.1. The van der Waals surface area contributed by atoms with Crippen LogP contribution in [0.15, 0.2) is 58.4 Å². The van der Waals surface area contributed by atoms with Crippen molar-refractivity contribution in [2.45, 2.75) is 19.2 Å². The van der Waals surface area contributed by atoms with Crippen molar-refractivity contribution in [2.24, 2.45) is 0 Å². The van der Waals surface area contributed by atoms with Crippen molar-refractivity contribution in [3.05, 3.63) is 70.7 Å². The highest BCUT2D eigenvalue weighted by Crippen LogP contribution is 2.32. The summed E-state index contributed by atoms with van der Waals surface area (Å²) in [5, 5.41) is 6.80. The molecule has 4 rings (SSSR count). The van der Waals surface area contributed by atoms with E-state index in [0.29, 0.717) is 22.8 Å². The van der Waals surface area contributed by atoms with Gasteiger partial charge >= 0.3 is 12.1 Å². The van der Waals surface area contributed by atoms with Crippen molar-refractivity contribution in [3.63, 3.8) is 0 Å². The van der Waals surface area contributed by atoms with E-state index < -0.39 is 11.7 Å². The molecule has 0 aliphatic carbocycles. The number of ether oxygens (including phenoxy) is 2.